The van der Waals surface area contributed by atoms with Crippen LogP contribution in [0.4, 0.5) is 5.95 Å². The molecule has 0 unspecified atom stereocenters. The van der Waals surface area contributed by atoms with Gasteiger partial charge in [0.1, 0.15) is 11.5 Å². The van der Waals surface area contributed by atoms with Crippen LogP contribution in [0.3, 0.4) is 0 Å². The number of phenols is 2. The molecular formula is C13H13N3O3. The van der Waals surface area contributed by atoms with Gasteiger partial charge in [-0.25, -0.2) is 9.97 Å². The highest BCUT2D eigenvalue weighted by Crippen LogP contribution is 2.20. The largest absolute Gasteiger partial charge is 0.508 e. The monoisotopic (exact) mass is 259 g/mol. The molecule has 0 saturated heterocycles. The lowest BCUT2D eigenvalue weighted by Crippen LogP contribution is -2.14. The molecule has 0 fully saturated rings. The van der Waals surface area contributed by atoms with Gasteiger partial charge in [0.2, 0.25) is 5.95 Å². The molecule has 0 aliphatic rings. The molecule has 6 nitrogen and oxygen atoms in total. The van der Waals surface area contributed by atoms with Crippen molar-refractivity contribution in [2.75, 3.05) is 5.32 Å². The first-order valence-electron chi connectivity index (χ1n) is 5.61. The van der Waals surface area contributed by atoms with E-state index in [-0.39, 0.29) is 23.0 Å². The molecule has 0 spiro atoms. The number of nitrogens with one attached hydrogen (secondary N) is 1. The maximum atomic E-state index is 11.9. The Balaban J connectivity index is 2.25. The van der Waals surface area contributed by atoms with Crippen LogP contribution >= 0.6 is 0 Å². The standard InChI is InChI=1S/C13H13N3O3/c1-7-3-8(2)15-13(14-7)16-12(19)9-4-10(17)6-11(18)5-9/h3-6,17-18H,1-2H3,(H,14,15,16,19). The summed E-state index contributed by atoms with van der Waals surface area (Å²) in [4.78, 5) is 20.1. The summed E-state index contributed by atoms with van der Waals surface area (Å²) in [5.41, 5.74) is 1.60. The van der Waals surface area contributed by atoms with Gasteiger partial charge in [0.15, 0.2) is 0 Å². The molecule has 1 amide bonds. The zero-order valence-electron chi connectivity index (χ0n) is 10.5. The highest BCUT2D eigenvalue weighted by molar-refractivity contribution is 6.03. The number of phenolic OH excluding ortho intramolecular Hbond substituents is 2. The molecule has 6 heteroatoms. The molecule has 1 heterocycles. The van der Waals surface area contributed by atoms with Gasteiger partial charge < -0.3 is 10.2 Å². The van der Waals surface area contributed by atoms with Crippen LogP contribution in [-0.4, -0.2) is 26.1 Å². The third-order valence-corrected chi connectivity index (χ3v) is 2.37. The minimum Gasteiger partial charge on any atom is -0.508 e. The normalized spacial score (nSPS) is 10.2. The summed E-state index contributed by atoms with van der Waals surface area (Å²) in [5, 5.41) is 21.2. The summed E-state index contributed by atoms with van der Waals surface area (Å²) in [6.45, 7) is 3.59. The van der Waals surface area contributed by atoms with Crippen LogP contribution in [0.2, 0.25) is 0 Å². The topological polar surface area (TPSA) is 95.3 Å². The Bertz CT molecular complexity index is 601. The Hall–Kier alpha value is -2.63. The van der Waals surface area contributed by atoms with Crippen molar-refractivity contribution in [2.45, 2.75) is 13.8 Å². The summed E-state index contributed by atoms with van der Waals surface area (Å²) < 4.78 is 0. The molecule has 98 valence electrons. The number of anilines is 1. The van der Waals surface area contributed by atoms with Crippen LogP contribution in [0.25, 0.3) is 0 Å². The Morgan fingerprint density at radius 3 is 2.05 bits per heavy atom. The zero-order valence-corrected chi connectivity index (χ0v) is 10.5. The van der Waals surface area contributed by atoms with Crippen LogP contribution < -0.4 is 5.32 Å². The second kappa shape index (κ2) is 4.93. The van der Waals surface area contributed by atoms with Crippen molar-refractivity contribution in [2.24, 2.45) is 0 Å². The summed E-state index contributed by atoms with van der Waals surface area (Å²) in [7, 11) is 0. The number of hydrogen-bond acceptors (Lipinski definition) is 5. The van der Waals surface area contributed by atoms with Crippen LogP contribution in [0.15, 0.2) is 24.3 Å². The lowest BCUT2D eigenvalue weighted by Gasteiger charge is -2.06. The summed E-state index contributed by atoms with van der Waals surface area (Å²) >= 11 is 0. The van der Waals surface area contributed by atoms with Crippen molar-refractivity contribution in [1.82, 2.24) is 9.97 Å². The van der Waals surface area contributed by atoms with E-state index in [1.54, 1.807) is 19.9 Å². The second-order valence-corrected chi connectivity index (χ2v) is 4.17. The summed E-state index contributed by atoms with van der Waals surface area (Å²) in [5.74, 6) is -0.695. The Kier molecular flexibility index (Phi) is 3.33. The Morgan fingerprint density at radius 1 is 1.00 bits per heavy atom. The first-order valence-corrected chi connectivity index (χ1v) is 5.61. The maximum absolute atomic E-state index is 11.9. The SMILES string of the molecule is Cc1cc(C)nc(NC(=O)c2cc(O)cc(O)c2)n1. The molecule has 3 N–H and O–H groups in total. The zero-order chi connectivity index (χ0) is 14.0. The van der Waals surface area contributed by atoms with Gasteiger partial charge in [-0.3, -0.25) is 10.1 Å². The van der Waals surface area contributed by atoms with E-state index in [0.717, 1.165) is 17.5 Å². The van der Waals surface area contributed by atoms with E-state index >= 15 is 0 Å². The van der Waals surface area contributed by atoms with Crippen molar-refractivity contribution < 1.29 is 15.0 Å². The number of amides is 1. The van der Waals surface area contributed by atoms with Crippen molar-refractivity contribution in [3.05, 3.63) is 41.2 Å². The van der Waals surface area contributed by atoms with Gasteiger partial charge in [0.05, 0.1) is 0 Å². The number of carbonyl (C=O) groups is 1. The fourth-order valence-electron chi connectivity index (χ4n) is 1.68. The van der Waals surface area contributed by atoms with E-state index < -0.39 is 5.91 Å². The highest BCUT2D eigenvalue weighted by atomic mass is 16.3. The fourth-order valence-corrected chi connectivity index (χ4v) is 1.68. The number of aryl methyl sites for hydroxylation is 2. The Labute approximate surface area is 109 Å². The third kappa shape index (κ3) is 3.19. The lowest BCUT2D eigenvalue weighted by molar-refractivity contribution is 0.102. The van der Waals surface area contributed by atoms with E-state index in [2.05, 4.69) is 15.3 Å². The van der Waals surface area contributed by atoms with Crippen LogP contribution in [0.5, 0.6) is 11.5 Å². The molecule has 2 aromatic rings. The summed E-state index contributed by atoms with van der Waals surface area (Å²) in [6, 6.07) is 5.43. The van der Waals surface area contributed by atoms with Crippen molar-refractivity contribution in [3.8, 4) is 11.5 Å². The van der Waals surface area contributed by atoms with Crippen LogP contribution in [0, 0.1) is 13.8 Å². The van der Waals surface area contributed by atoms with Gasteiger partial charge in [-0.2, -0.15) is 0 Å². The van der Waals surface area contributed by atoms with E-state index in [0.29, 0.717) is 0 Å². The number of aromatic nitrogens is 2. The van der Waals surface area contributed by atoms with Gasteiger partial charge >= 0.3 is 0 Å². The van der Waals surface area contributed by atoms with Crippen molar-refractivity contribution in [3.63, 3.8) is 0 Å². The minimum atomic E-state index is -0.504. The fraction of sp³-hybridized carbons (Fsp3) is 0.154. The van der Waals surface area contributed by atoms with Gasteiger partial charge in [0.25, 0.3) is 5.91 Å². The first kappa shape index (κ1) is 12.8. The maximum Gasteiger partial charge on any atom is 0.258 e. The number of nitrogens with zero attached hydrogens (tertiary/aromatic N) is 2. The average molecular weight is 259 g/mol. The number of carbonyl (C=O) groups excluding carboxylic acids is 1. The van der Waals surface area contributed by atoms with Crippen molar-refractivity contribution in [1.29, 1.82) is 0 Å². The predicted octanol–water partition coefficient (Wildman–Crippen LogP) is 1.76. The molecule has 0 radical (unpaired) electrons. The quantitative estimate of drug-likeness (QED) is 0.763. The molecule has 0 aliphatic carbocycles. The second-order valence-electron chi connectivity index (χ2n) is 4.17. The molecule has 2 rings (SSSR count). The van der Waals surface area contributed by atoms with Crippen molar-refractivity contribution >= 4 is 11.9 Å². The molecule has 1 aromatic carbocycles. The predicted molar refractivity (Wildman–Crippen MR) is 69.2 cm³/mol. The van der Waals surface area contributed by atoms with Gasteiger partial charge in [-0.15, -0.1) is 0 Å². The average Bonchev–Trinajstić information content (AvgIpc) is 2.25. The molecule has 0 bridgehead atoms. The minimum absolute atomic E-state index is 0.125. The number of benzene rings is 1. The van der Waals surface area contributed by atoms with E-state index in [9.17, 15) is 15.0 Å². The van der Waals surface area contributed by atoms with Crippen LogP contribution in [0.1, 0.15) is 21.7 Å². The molecule has 0 atom stereocenters. The number of aromatic hydroxyl groups is 2. The third-order valence-electron chi connectivity index (χ3n) is 2.37. The molecular weight excluding hydrogens is 246 g/mol. The van der Waals surface area contributed by atoms with Gasteiger partial charge in [-0.1, -0.05) is 0 Å². The molecule has 19 heavy (non-hydrogen) atoms. The Morgan fingerprint density at radius 2 is 1.53 bits per heavy atom. The number of hydrogen-bond donors (Lipinski definition) is 3. The van der Waals surface area contributed by atoms with E-state index in [1.165, 1.54) is 12.1 Å². The van der Waals surface area contributed by atoms with Crippen LogP contribution in [-0.2, 0) is 0 Å². The lowest BCUT2D eigenvalue weighted by atomic mass is 10.2. The number of rotatable bonds is 2. The smallest absolute Gasteiger partial charge is 0.258 e. The van der Waals surface area contributed by atoms with Gasteiger partial charge in [-0.05, 0) is 32.0 Å². The molecule has 0 saturated carbocycles. The van der Waals surface area contributed by atoms with Gasteiger partial charge in [0, 0.05) is 23.0 Å². The van der Waals surface area contributed by atoms with E-state index in [1.807, 2.05) is 0 Å². The van der Waals surface area contributed by atoms with E-state index in [4.69, 9.17) is 0 Å². The first-order chi connectivity index (χ1) is 8.94. The molecule has 1 aromatic heterocycles. The molecule has 0 aliphatic heterocycles. The summed E-state index contributed by atoms with van der Waals surface area (Å²) in [6.07, 6.45) is 0. The highest BCUT2D eigenvalue weighted by Gasteiger charge is 2.10.